The molecule has 4 rings (SSSR count). The van der Waals surface area contributed by atoms with E-state index in [9.17, 15) is 4.79 Å². The van der Waals surface area contributed by atoms with E-state index in [2.05, 4.69) is 20.6 Å². The predicted molar refractivity (Wildman–Crippen MR) is 120 cm³/mol. The van der Waals surface area contributed by atoms with Crippen LogP contribution in [0.3, 0.4) is 0 Å². The van der Waals surface area contributed by atoms with Gasteiger partial charge in [0.1, 0.15) is 18.7 Å². The predicted octanol–water partition coefficient (Wildman–Crippen LogP) is 3.38. The molecular weight excluding hydrogens is 406 g/mol. The fourth-order valence-corrected chi connectivity index (χ4v) is 2.79. The molecule has 1 aromatic heterocycles. The number of carbonyl (C=O) groups is 1. The van der Waals surface area contributed by atoms with Gasteiger partial charge in [-0.25, -0.2) is 10.1 Å². The smallest absolute Gasteiger partial charge is 0.336 e. The standard InChI is InChI=1S/C24H21N5O3/c30-23(17-32-24-25-18-29(28-24)21-11-5-2-6-12-21)27-26-15-20-10-7-13-22(14-20)31-16-19-8-3-1-4-9-19/h1-15,18H,16-17H2,(H,27,30)/b26-15+. The molecular formula is C24H21N5O3. The molecule has 1 N–H and O–H groups in total. The average Bonchev–Trinajstić information content (AvgIpc) is 3.32. The van der Waals surface area contributed by atoms with E-state index in [-0.39, 0.29) is 12.6 Å². The number of ether oxygens (including phenoxy) is 2. The monoisotopic (exact) mass is 427 g/mol. The van der Waals surface area contributed by atoms with Crippen molar-refractivity contribution in [3.05, 3.63) is 102 Å². The van der Waals surface area contributed by atoms with Crippen molar-refractivity contribution < 1.29 is 14.3 Å². The van der Waals surface area contributed by atoms with Crippen molar-refractivity contribution in [2.45, 2.75) is 6.61 Å². The molecule has 0 aliphatic rings. The van der Waals surface area contributed by atoms with Gasteiger partial charge in [-0.15, -0.1) is 5.10 Å². The Labute approximate surface area is 185 Å². The third-order valence-corrected chi connectivity index (χ3v) is 4.33. The summed E-state index contributed by atoms with van der Waals surface area (Å²) in [6, 6.07) is 27.0. The summed E-state index contributed by atoms with van der Waals surface area (Å²) in [4.78, 5) is 16.0. The Morgan fingerprint density at radius 1 is 0.969 bits per heavy atom. The third-order valence-electron chi connectivity index (χ3n) is 4.33. The first-order valence-electron chi connectivity index (χ1n) is 9.95. The lowest BCUT2D eigenvalue weighted by atomic mass is 10.2. The number of nitrogens with one attached hydrogen (secondary N) is 1. The van der Waals surface area contributed by atoms with Crippen LogP contribution < -0.4 is 14.9 Å². The van der Waals surface area contributed by atoms with Crippen LogP contribution in [0.4, 0.5) is 0 Å². The van der Waals surface area contributed by atoms with E-state index in [1.165, 1.54) is 12.5 Å². The molecule has 8 heteroatoms. The van der Waals surface area contributed by atoms with Crippen molar-refractivity contribution in [1.82, 2.24) is 20.2 Å². The minimum Gasteiger partial charge on any atom is -0.489 e. The maximum absolute atomic E-state index is 12.0. The van der Waals surface area contributed by atoms with Gasteiger partial charge in [-0.2, -0.15) is 10.1 Å². The normalized spacial score (nSPS) is 10.8. The molecule has 4 aromatic rings. The lowest BCUT2D eigenvalue weighted by molar-refractivity contribution is -0.123. The van der Waals surface area contributed by atoms with Gasteiger partial charge < -0.3 is 9.47 Å². The minimum atomic E-state index is -0.422. The van der Waals surface area contributed by atoms with Crippen molar-refractivity contribution in [2.24, 2.45) is 5.10 Å². The number of hydrogen-bond donors (Lipinski definition) is 1. The van der Waals surface area contributed by atoms with Gasteiger partial charge in [-0.05, 0) is 35.4 Å². The number of nitrogens with zero attached hydrogens (tertiary/aromatic N) is 4. The number of hydrogen-bond acceptors (Lipinski definition) is 6. The van der Waals surface area contributed by atoms with Crippen LogP contribution in [0.15, 0.2) is 96.4 Å². The Morgan fingerprint density at radius 3 is 2.56 bits per heavy atom. The molecule has 0 bridgehead atoms. The Morgan fingerprint density at radius 2 is 1.75 bits per heavy atom. The van der Waals surface area contributed by atoms with E-state index in [1.807, 2.05) is 84.9 Å². The van der Waals surface area contributed by atoms with E-state index >= 15 is 0 Å². The fraction of sp³-hybridized carbons (Fsp3) is 0.0833. The zero-order chi connectivity index (χ0) is 22.0. The van der Waals surface area contributed by atoms with Gasteiger partial charge in [-0.1, -0.05) is 60.7 Å². The third kappa shape index (κ3) is 6.02. The summed E-state index contributed by atoms with van der Waals surface area (Å²) in [7, 11) is 0. The van der Waals surface area contributed by atoms with E-state index in [0.717, 1.165) is 16.8 Å². The van der Waals surface area contributed by atoms with E-state index in [4.69, 9.17) is 9.47 Å². The largest absolute Gasteiger partial charge is 0.489 e. The van der Waals surface area contributed by atoms with Crippen molar-refractivity contribution in [2.75, 3.05) is 6.61 Å². The molecule has 1 amide bonds. The van der Waals surface area contributed by atoms with Crippen LogP contribution in [0, 0.1) is 0 Å². The number of benzene rings is 3. The molecule has 0 aliphatic carbocycles. The number of para-hydroxylation sites is 1. The van der Waals surface area contributed by atoms with Crippen LogP contribution in [-0.4, -0.2) is 33.5 Å². The quantitative estimate of drug-likeness (QED) is 0.327. The molecule has 8 nitrogen and oxygen atoms in total. The molecule has 160 valence electrons. The molecule has 32 heavy (non-hydrogen) atoms. The SMILES string of the molecule is O=C(COc1ncn(-c2ccccc2)n1)N/N=C/c1cccc(OCc2ccccc2)c1. The molecule has 0 saturated carbocycles. The molecule has 0 atom stereocenters. The highest BCUT2D eigenvalue weighted by atomic mass is 16.5. The molecule has 3 aromatic carbocycles. The first kappa shape index (κ1) is 20.8. The van der Waals surface area contributed by atoms with Crippen LogP contribution in [0.5, 0.6) is 11.8 Å². The van der Waals surface area contributed by atoms with Gasteiger partial charge in [-0.3, -0.25) is 4.79 Å². The number of amides is 1. The van der Waals surface area contributed by atoms with Crippen LogP contribution in [0.2, 0.25) is 0 Å². The van der Waals surface area contributed by atoms with Gasteiger partial charge >= 0.3 is 6.01 Å². The van der Waals surface area contributed by atoms with Gasteiger partial charge in [0.25, 0.3) is 5.91 Å². The van der Waals surface area contributed by atoms with Gasteiger partial charge in [0.05, 0.1) is 11.9 Å². The molecule has 0 fully saturated rings. The first-order valence-corrected chi connectivity index (χ1v) is 9.95. The summed E-state index contributed by atoms with van der Waals surface area (Å²) in [5.74, 6) is 0.293. The molecule has 0 saturated heterocycles. The van der Waals surface area contributed by atoms with E-state index < -0.39 is 5.91 Å². The highest BCUT2D eigenvalue weighted by Crippen LogP contribution is 2.14. The van der Waals surface area contributed by atoms with Crippen LogP contribution >= 0.6 is 0 Å². The number of rotatable bonds is 9. The Bertz CT molecular complexity index is 1180. The van der Waals surface area contributed by atoms with E-state index in [0.29, 0.717) is 12.4 Å². The summed E-state index contributed by atoms with van der Waals surface area (Å²) in [5.41, 5.74) is 5.14. The van der Waals surface area contributed by atoms with Gasteiger partial charge in [0.15, 0.2) is 6.61 Å². The Balaban J connectivity index is 1.23. The highest BCUT2D eigenvalue weighted by Gasteiger charge is 2.06. The second-order valence-corrected chi connectivity index (χ2v) is 6.74. The molecule has 0 unspecified atom stereocenters. The maximum Gasteiger partial charge on any atom is 0.336 e. The second kappa shape index (κ2) is 10.5. The zero-order valence-electron chi connectivity index (χ0n) is 17.2. The lowest BCUT2D eigenvalue weighted by Gasteiger charge is -2.06. The van der Waals surface area contributed by atoms with Crippen LogP contribution in [-0.2, 0) is 11.4 Å². The first-order chi connectivity index (χ1) is 15.8. The summed E-state index contributed by atoms with van der Waals surface area (Å²) in [6.45, 7) is 0.222. The molecule has 1 heterocycles. The fourth-order valence-electron chi connectivity index (χ4n) is 2.79. The maximum atomic E-state index is 12.0. The molecule has 0 radical (unpaired) electrons. The summed E-state index contributed by atoms with van der Waals surface area (Å²) < 4.78 is 12.7. The minimum absolute atomic E-state index is 0.108. The lowest BCUT2D eigenvalue weighted by Crippen LogP contribution is -2.24. The van der Waals surface area contributed by atoms with Gasteiger partial charge in [0.2, 0.25) is 0 Å². The van der Waals surface area contributed by atoms with E-state index in [1.54, 1.807) is 4.68 Å². The average molecular weight is 427 g/mol. The highest BCUT2D eigenvalue weighted by molar-refractivity contribution is 5.83. The van der Waals surface area contributed by atoms with Gasteiger partial charge in [0, 0.05) is 0 Å². The molecule has 0 aliphatic heterocycles. The summed E-state index contributed by atoms with van der Waals surface area (Å²) in [6.07, 6.45) is 3.06. The summed E-state index contributed by atoms with van der Waals surface area (Å²) >= 11 is 0. The van der Waals surface area contributed by atoms with Crippen molar-refractivity contribution >= 4 is 12.1 Å². The zero-order valence-corrected chi connectivity index (χ0v) is 17.2. The van der Waals surface area contributed by atoms with Crippen molar-refractivity contribution in [1.29, 1.82) is 0 Å². The van der Waals surface area contributed by atoms with Crippen molar-refractivity contribution in [3.8, 4) is 17.4 Å². The topological polar surface area (TPSA) is 90.6 Å². The Kier molecular flexibility index (Phi) is 6.85. The van der Waals surface area contributed by atoms with Crippen LogP contribution in [0.25, 0.3) is 5.69 Å². The number of carbonyl (C=O) groups excluding carboxylic acids is 1. The Hall–Kier alpha value is -4.46. The second-order valence-electron chi connectivity index (χ2n) is 6.74. The van der Waals surface area contributed by atoms with Crippen LogP contribution in [0.1, 0.15) is 11.1 Å². The summed E-state index contributed by atoms with van der Waals surface area (Å²) in [5, 5.41) is 8.14. The number of aromatic nitrogens is 3. The molecule has 0 spiro atoms. The number of hydrazone groups is 1. The van der Waals surface area contributed by atoms with Crippen molar-refractivity contribution in [3.63, 3.8) is 0 Å².